The van der Waals surface area contributed by atoms with Gasteiger partial charge in [0.2, 0.25) is 12.7 Å². The van der Waals surface area contributed by atoms with Crippen molar-refractivity contribution in [3.05, 3.63) is 40.5 Å². The predicted octanol–water partition coefficient (Wildman–Crippen LogP) is 3.06. The number of benzene rings is 1. The largest absolute Gasteiger partial charge is 0.477 e. The van der Waals surface area contributed by atoms with Crippen molar-refractivity contribution in [3.8, 4) is 23.1 Å². The maximum absolute atomic E-state index is 11.2. The van der Waals surface area contributed by atoms with Crippen molar-refractivity contribution in [1.29, 1.82) is 0 Å². The van der Waals surface area contributed by atoms with Crippen LogP contribution >= 0.6 is 15.9 Å². The highest BCUT2D eigenvalue weighted by molar-refractivity contribution is 9.10. The summed E-state index contributed by atoms with van der Waals surface area (Å²) >= 11 is 3.17. The number of pyridine rings is 1. The van der Waals surface area contributed by atoms with E-state index >= 15 is 0 Å². The van der Waals surface area contributed by atoms with Gasteiger partial charge in [-0.3, -0.25) is 0 Å². The molecule has 2 aromatic rings. The van der Waals surface area contributed by atoms with Crippen LogP contribution in [0.2, 0.25) is 0 Å². The number of fused-ring (bicyclic) bond motifs is 1. The zero-order valence-corrected chi connectivity index (χ0v) is 11.6. The van der Waals surface area contributed by atoms with Crippen LogP contribution in [0.15, 0.2) is 34.9 Å². The molecule has 0 radical (unpaired) electrons. The molecule has 1 aliphatic heterocycles. The molecular weight excluding hydrogens is 330 g/mol. The van der Waals surface area contributed by atoms with Crippen LogP contribution in [0.25, 0.3) is 0 Å². The van der Waals surface area contributed by atoms with Gasteiger partial charge in [-0.25, -0.2) is 9.78 Å². The zero-order chi connectivity index (χ0) is 14.1. The summed E-state index contributed by atoms with van der Waals surface area (Å²) in [6.45, 7) is 0.162. The van der Waals surface area contributed by atoms with Crippen LogP contribution in [-0.2, 0) is 0 Å². The molecule has 3 rings (SSSR count). The van der Waals surface area contributed by atoms with Gasteiger partial charge >= 0.3 is 5.97 Å². The third-order valence-corrected chi connectivity index (χ3v) is 3.04. The van der Waals surface area contributed by atoms with Crippen molar-refractivity contribution < 1.29 is 24.1 Å². The number of aromatic carboxylic acids is 1. The minimum absolute atomic E-state index is 0.0135. The molecule has 1 aromatic carbocycles. The molecule has 0 atom stereocenters. The first kappa shape index (κ1) is 12.7. The van der Waals surface area contributed by atoms with Crippen LogP contribution in [0, 0.1) is 0 Å². The van der Waals surface area contributed by atoms with Crippen molar-refractivity contribution in [2.75, 3.05) is 6.79 Å². The van der Waals surface area contributed by atoms with Crippen LogP contribution < -0.4 is 14.2 Å². The molecule has 2 heterocycles. The molecule has 1 aliphatic rings. The summed E-state index contributed by atoms with van der Waals surface area (Å²) in [5.74, 6) is 0.497. The molecule has 20 heavy (non-hydrogen) atoms. The average molecular weight is 338 g/mol. The number of halogens is 1. The maximum atomic E-state index is 11.2. The number of carbonyl (C=O) groups is 1. The molecule has 0 aliphatic carbocycles. The van der Waals surface area contributed by atoms with Gasteiger partial charge in [-0.1, -0.05) is 0 Å². The minimum Gasteiger partial charge on any atom is -0.477 e. The van der Waals surface area contributed by atoms with Crippen LogP contribution in [0.5, 0.6) is 23.1 Å². The van der Waals surface area contributed by atoms with Gasteiger partial charge in [0.25, 0.3) is 0 Å². The van der Waals surface area contributed by atoms with E-state index in [4.69, 9.17) is 19.3 Å². The monoisotopic (exact) mass is 337 g/mol. The lowest BCUT2D eigenvalue weighted by Gasteiger charge is -2.08. The lowest BCUT2D eigenvalue weighted by Crippen LogP contribution is -2.02. The van der Waals surface area contributed by atoms with Gasteiger partial charge in [-0.05, 0) is 34.1 Å². The highest BCUT2D eigenvalue weighted by atomic mass is 79.9. The van der Waals surface area contributed by atoms with Crippen molar-refractivity contribution in [2.45, 2.75) is 0 Å². The number of rotatable bonds is 3. The van der Waals surface area contributed by atoms with E-state index in [9.17, 15) is 4.79 Å². The standard InChI is InChI=1S/C13H8BrNO5/c14-7-3-9(13(16)17)12(15-5-7)20-8-1-2-10-11(4-8)19-6-18-10/h1-5H,6H2,(H,16,17). The lowest BCUT2D eigenvalue weighted by atomic mass is 10.2. The first-order chi connectivity index (χ1) is 9.63. The first-order valence-corrected chi connectivity index (χ1v) is 6.39. The number of hydrogen-bond donors (Lipinski definition) is 1. The number of aromatic nitrogens is 1. The molecule has 0 unspecified atom stereocenters. The smallest absolute Gasteiger partial charge is 0.341 e. The molecule has 1 N–H and O–H groups in total. The quantitative estimate of drug-likeness (QED) is 0.927. The molecule has 0 bridgehead atoms. The van der Waals surface area contributed by atoms with E-state index in [-0.39, 0.29) is 18.2 Å². The van der Waals surface area contributed by atoms with Crippen LogP contribution in [0.4, 0.5) is 0 Å². The van der Waals surface area contributed by atoms with Crippen molar-refractivity contribution >= 4 is 21.9 Å². The van der Waals surface area contributed by atoms with Crippen molar-refractivity contribution in [3.63, 3.8) is 0 Å². The van der Waals surface area contributed by atoms with Gasteiger partial charge < -0.3 is 19.3 Å². The van der Waals surface area contributed by atoms with Gasteiger partial charge in [-0.2, -0.15) is 0 Å². The zero-order valence-electron chi connectivity index (χ0n) is 10.00. The molecule has 7 heteroatoms. The number of carboxylic acids is 1. The Morgan fingerprint density at radius 1 is 1.30 bits per heavy atom. The van der Waals surface area contributed by atoms with Gasteiger partial charge in [-0.15, -0.1) is 0 Å². The van der Waals surface area contributed by atoms with E-state index in [1.54, 1.807) is 18.2 Å². The molecule has 0 fully saturated rings. The van der Waals surface area contributed by atoms with Gasteiger partial charge in [0.1, 0.15) is 11.3 Å². The summed E-state index contributed by atoms with van der Waals surface area (Å²) in [5.41, 5.74) is -0.0305. The number of carboxylic acid groups (broad SMARTS) is 1. The Balaban J connectivity index is 1.93. The van der Waals surface area contributed by atoms with E-state index in [1.807, 2.05) is 0 Å². The molecule has 102 valence electrons. The second-order valence-electron chi connectivity index (χ2n) is 3.93. The Hall–Kier alpha value is -2.28. The number of nitrogens with zero attached hydrogens (tertiary/aromatic N) is 1. The Kier molecular flexibility index (Phi) is 3.19. The average Bonchev–Trinajstić information content (AvgIpc) is 2.88. The first-order valence-electron chi connectivity index (χ1n) is 5.60. The molecule has 0 spiro atoms. The highest BCUT2D eigenvalue weighted by Crippen LogP contribution is 2.36. The number of ether oxygens (including phenoxy) is 3. The molecule has 0 amide bonds. The summed E-state index contributed by atoms with van der Waals surface area (Å²) < 4.78 is 16.5. The van der Waals surface area contributed by atoms with Crippen molar-refractivity contribution in [2.24, 2.45) is 0 Å². The number of hydrogen-bond acceptors (Lipinski definition) is 5. The fourth-order valence-electron chi connectivity index (χ4n) is 1.71. The molecular formula is C13H8BrNO5. The third-order valence-electron chi connectivity index (χ3n) is 2.61. The van der Waals surface area contributed by atoms with Gasteiger partial charge in [0.05, 0.1) is 0 Å². The Morgan fingerprint density at radius 2 is 2.10 bits per heavy atom. The summed E-state index contributed by atoms with van der Waals surface area (Å²) in [7, 11) is 0. The summed E-state index contributed by atoms with van der Waals surface area (Å²) in [4.78, 5) is 15.1. The summed E-state index contributed by atoms with van der Waals surface area (Å²) in [6, 6.07) is 6.40. The maximum Gasteiger partial charge on any atom is 0.341 e. The summed E-state index contributed by atoms with van der Waals surface area (Å²) in [6.07, 6.45) is 1.47. The van der Waals surface area contributed by atoms with E-state index < -0.39 is 5.97 Å². The molecule has 0 saturated carbocycles. The van der Waals surface area contributed by atoms with E-state index in [2.05, 4.69) is 20.9 Å². The molecule has 1 aromatic heterocycles. The fourth-order valence-corrected chi connectivity index (χ4v) is 2.04. The highest BCUT2D eigenvalue weighted by Gasteiger charge is 2.17. The van der Waals surface area contributed by atoms with E-state index in [0.717, 1.165) is 0 Å². The van der Waals surface area contributed by atoms with E-state index in [0.29, 0.717) is 21.7 Å². The Bertz CT molecular complexity index is 688. The third kappa shape index (κ3) is 2.39. The fraction of sp³-hybridized carbons (Fsp3) is 0.0769. The Labute approximate surface area is 122 Å². The van der Waals surface area contributed by atoms with Crippen LogP contribution in [-0.4, -0.2) is 22.9 Å². The normalized spacial score (nSPS) is 12.2. The molecule has 6 nitrogen and oxygen atoms in total. The minimum atomic E-state index is -1.12. The lowest BCUT2D eigenvalue weighted by molar-refractivity contribution is 0.0693. The Morgan fingerprint density at radius 3 is 2.90 bits per heavy atom. The summed E-state index contributed by atoms with van der Waals surface area (Å²) in [5, 5.41) is 9.14. The predicted molar refractivity (Wildman–Crippen MR) is 71.5 cm³/mol. The van der Waals surface area contributed by atoms with E-state index in [1.165, 1.54) is 12.3 Å². The second-order valence-corrected chi connectivity index (χ2v) is 4.84. The molecule has 0 saturated heterocycles. The SMILES string of the molecule is O=C(O)c1cc(Br)cnc1Oc1ccc2c(c1)OCO2. The van der Waals surface area contributed by atoms with Crippen LogP contribution in [0.1, 0.15) is 10.4 Å². The topological polar surface area (TPSA) is 77.9 Å². The van der Waals surface area contributed by atoms with Gasteiger partial charge in [0.15, 0.2) is 11.5 Å². The van der Waals surface area contributed by atoms with Crippen molar-refractivity contribution in [1.82, 2.24) is 4.98 Å². The second kappa shape index (κ2) is 5.01. The van der Waals surface area contributed by atoms with Crippen LogP contribution in [0.3, 0.4) is 0 Å². The van der Waals surface area contributed by atoms with Gasteiger partial charge in [0, 0.05) is 16.7 Å².